The molecule has 1 unspecified atom stereocenters. The van der Waals surface area contributed by atoms with Gasteiger partial charge in [0.1, 0.15) is 0 Å². The Bertz CT molecular complexity index is 329. The molecule has 0 rings (SSSR count). The Hall–Kier alpha value is -2.12. The molecule has 1 atom stereocenters. The molecule has 0 heterocycles. The Morgan fingerprint density at radius 1 is 1.12 bits per heavy atom. The Balaban J connectivity index is 5.22. The van der Waals surface area contributed by atoms with E-state index in [4.69, 9.17) is 10.2 Å². The molecule has 0 fully saturated rings. The maximum absolute atomic E-state index is 11.0. The van der Waals surface area contributed by atoms with E-state index in [0.29, 0.717) is 0 Å². The average Bonchev–Trinajstić information content (AvgIpc) is 2.14. The van der Waals surface area contributed by atoms with Crippen LogP contribution in [-0.2, 0) is 28.7 Å². The van der Waals surface area contributed by atoms with E-state index in [2.05, 4.69) is 9.47 Å². The highest BCUT2D eigenvalue weighted by Crippen LogP contribution is 2.22. The predicted molar refractivity (Wildman–Crippen MR) is 51.0 cm³/mol. The molecule has 8 heteroatoms. The highest BCUT2D eigenvalue weighted by atomic mass is 16.6. The number of rotatable bonds is 6. The van der Waals surface area contributed by atoms with E-state index in [1.54, 1.807) is 0 Å². The van der Waals surface area contributed by atoms with Gasteiger partial charge in [-0.2, -0.15) is 0 Å². The fourth-order valence-corrected chi connectivity index (χ4v) is 1.15. The summed E-state index contributed by atoms with van der Waals surface area (Å²) in [6, 6.07) is 0. The van der Waals surface area contributed by atoms with Crippen molar-refractivity contribution in [1.82, 2.24) is 0 Å². The summed E-state index contributed by atoms with van der Waals surface area (Å²) in [5, 5.41) is 17.5. The van der Waals surface area contributed by atoms with Crippen LogP contribution >= 0.6 is 0 Å². The van der Waals surface area contributed by atoms with Crippen molar-refractivity contribution in [3.8, 4) is 0 Å². The van der Waals surface area contributed by atoms with Crippen molar-refractivity contribution in [3.63, 3.8) is 0 Å². The molecule has 0 radical (unpaired) electrons. The van der Waals surface area contributed by atoms with E-state index in [-0.39, 0.29) is 0 Å². The van der Waals surface area contributed by atoms with Gasteiger partial charge in [0.15, 0.2) is 0 Å². The molecule has 0 aliphatic heterocycles. The van der Waals surface area contributed by atoms with E-state index in [1.807, 2.05) is 0 Å². The molecule has 17 heavy (non-hydrogen) atoms. The molecule has 0 amide bonds. The smallest absolute Gasteiger partial charge is 0.349 e. The van der Waals surface area contributed by atoms with Crippen LogP contribution in [0, 0.1) is 0 Å². The molecule has 0 aromatic rings. The first-order valence-electron chi connectivity index (χ1n) is 4.45. The molecular formula is C9H12O8. The van der Waals surface area contributed by atoms with E-state index < -0.39 is 42.3 Å². The van der Waals surface area contributed by atoms with Gasteiger partial charge in [0.25, 0.3) is 0 Å². The Morgan fingerprint density at radius 2 is 1.65 bits per heavy atom. The molecule has 0 aromatic heterocycles. The maximum Gasteiger partial charge on any atom is 0.349 e. The van der Waals surface area contributed by atoms with Gasteiger partial charge in [-0.15, -0.1) is 0 Å². The van der Waals surface area contributed by atoms with Crippen LogP contribution < -0.4 is 0 Å². The summed E-state index contributed by atoms with van der Waals surface area (Å²) in [5.41, 5.74) is -2.44. The first-order valence-corrected chi connectivity index (χ1v) is 4.45. The normalized spacial score (nSPS) is 13.3. The number of esters is 2. The summed E-state index contributed by atoms with van der Waals surface area (Å²) in [5.74, 6) is -5.23. The van der Waals surface area contributed by atoms with E-state index in [9.17, 15) is 19.2 Å². The highest BCUT2D eigenvalue weighted by molar-refractivity contribution is 5.90. The lowest BCUT2D eigenvalue weighted by atomic mass is 9.95. The molecule has 0 bridgehead atoms. The molecule has 96 valence electrons. The van der Waals surface area contributed by atoms with Gasteiger partial charge in [-0.05, 0) is 0 Å². The van der Waals surface area contributed by atoms with Crippen LogP contribution in [-0.4, -0.2) is 46.8 Å². The van der Waals surface area contributed by atoms with Crippen molar-refractivity contribution < 1.29 is 38.9 Å². The number of hydrogen-bond acceptors (Lipinski definition) is 6. The molecule has 0 aliphatic carbocycles. The van der Waals surface area contributed by atoms with Crippen molar-refractivity contribution in [1.29, 1.82) is 0 Å². The number of ether oxygens (including phenoxy) is 2. The molecular weight excluding hydrogens is 236 g/mol. The number of hydrogen-bond donors (Lipinski definition) is 2. The van der Waals surface area contributed by atoms with Gasteiger partial charge in [0, 0.05) is 6.92 Å². The van der Waals surface area contributed by atoms with Crippen molar-refractivity contribution in [2.75, 3.05) is 7.11 Å². The second-order valence-corrected chi connectivity index (χ2v) is 3.22. The molecule has 8 nitrogen and oxygen atoms in total. The van der Waals surface area contributed by atoms with Crippen LogP contribution in [0.3, 0.4) is 0 Å². The van der Waals surface area contributed by atoms with E-state index in [0.717, 1.165) is 14.0 Å². The number of carbonyl (C=O) groups is 4. The summed E-state index contributed by atoms with van der Waals surface area (Å²) in [7, 11) is 1.00. The van der Waals surface area contributed by atoms with Crippen LogP contribution in [0.15, 0.2) is 0 Å². The van der Waals surface area contributed by atoms with Crippen LogP contribution in [0.25, 0.3) is 0 Å². The van der Waals surface area contributed by atoms with Crippen LogP contribution in [0.5, 0.6) is 0 Å². The summed E-state index contributed by atoms with van der Waals surface area (Å²) < 4.78 is 8.70. The fraction of sp³-hybridized carbons (Fsp3) is 0.556. The Labute approximate surface area is 96.1 Å². The third-order valence-electron chi connectivity index (χ3n) is 1.82. The van der Waals surface area contributed by atoms with Gasteiger partial charge in [-0.25, -0.2) is 4.79 Å². The van der Waals surface area contributed by atoms with Crippen molar-refractivity contribution in [2.45, 2.75) is 25.4 Å². The minimum atomic E-state index is -2.44. The van der Waals surface area contributed by atoms with Crippen LogP contribution in [0.4, 0.5) is 0 Å². The lowest BCUT2D eigenvalue weighted by molar-refractivity contribution is -0.185. The molecule has 2 N–H and O–H groups in total. The van der Waals surface area contributed by atoms with Gasteiger partial charge in [-0.1, -0.05) is 0 Å². The van der Waals surface area contributed by atoms with Gasteiger partial charge < -0.3 is 19.7 Å². The number of aliphatic carboxylic acids is 2. The van der Waals surface area contributed by atoms with Gasteiger partial charge >= 0.3 is 23.9 Å². The topological polar surface area (TPSA) is 127 Å². The van der Waals surface area contributed by atoms with Crippen molar-refractivity contribution in [3.05, 3.63) is 0 Å². The molecule has 0 saturated heterocycles. The fourth-order valence-electron chi connectivity index (χ4n) is 1.15. The number of carboxylic acid groups (broad SMARTS) is 2. The van der Waals surface area contributed by atoms with E-state index >= 15 is 0 Å². The van der Waals surface area contributed by atoms with Gasteiger partial charge in [0.05, 0.1) is 20.0 Å². The van der Waals surface area contributed by atoms with Crippen LogP contribution in [0.1, 0.15) is 19.8 Å². The SMILES string of the molecule is COC(=O)CC(CC(=O)O)(OC(C)=O)C(=O)O. The largest absolute Gasteiger partial charge is 0.481 e. The van der Waals surface area contributed by atoms with Gasteiger partial charge in [0.2, 0.25) is 5.60 Å². The summed E-state index contributed by atoms with van der Waals surface area (Å²) in [6.45, 7) is 0.914. The zero-order valence-corrected chi connectivity index (χ0v) is 9.26. The maximum atomic E-state index is 11.0. The zero-order chi connectivity index (χ0) is 13.6. The second kappa shape index (κ2) is 5.83. The van der Waals surface area contributed by atoms with Crippen LogP contribution in [0.2, 0.25) is 0 Å². The first kappa shape index (κ1) is 14.9. The van der Waals surface area contributed by atoms with Crippen molar-refractivity contribution in [2.24, 2.45) is 0 Å². The predicted octanol–water partition coefficient (Wildman–Crippen LogP) is -0.589. The third kappa shape index (κ3) is 4.49. The summed E-state index contributed by atoms with van der Waals surface area (Å²) in [6.07, 6.45) is -1.90. The van der Waals surface area contributed by atoms with Gasteiger partial charge in [-0.3, -0.25) is 14.4 Å². The molecule has 0 aromatic carbocycles. The molecule has 0 aliphatic rings. The highest BCUT2D eigenvalue weighted by Gasteiger charge is 2.46. The molecule has 0 spiro atoms. The lowest BCUT2D eigenvalue weighted by Gasteiger charge is -2.25. The Kier molecular flexibility index (Phi) is 5.10. The molecule has 0 saturated carbocycles. The summed E-state index contributed by atoms with van der Waals surface area (Å²) >= 11 is 0. The quantitative estimate of drug-likeness (QED) is 0.597. The number of carboxylic acids is 2. The zero-order valence-electron chi connectivity index (χ0n) is 9.26. The standard InChI is InChI=1S/C9H12O8/c1-5(10)17-9(8(14)15,3-6(11)12)4-7(13)16-2/h3-4H2,1-2H3,(H,11,12)(H,14,15). The Morgan fingerprint density at radius 3 is 1.94 bits per heavy atom. The number of methoxy groups -OCH3 is 1. The minimum Gasteiger partial charge on any atom is -0.481 e. The minimum absolute atomic E-state index is 0.870. The third-order valence-corrected chi connectivity index (χ3v) is 1.82. The van der Waals surface area contributed by atoms with Crippen molar-refractivity contribution >= 4 is 23.9 Å². The average molecular weight is 248 g/mol. The number of carbonyl (C=O) groups excluding carboxylic acids is 2. The first-order chi connectivity index (χ1) is 7.73. The van der Waals surface area contributed by atoms with E-state index in [1.165, 1.54) is 0 Å². The monoisotopic (exact) mass is 248 g/mol. The summed E-state index contributed by atoms with van der Waals surface area (Å²) in [4.78, 5) is 43.4. The lowest BCUT2D eigenvalue weighted by Crippen LogP contribution is -2.46. The second-order valence-electron chi connectivity index (χ2n) is 3.22.